The molecular weight excluding hydrogens is 466 g/mol. The summed E-state index contributed by atoms with van der Waals surface area (Å²) in [6.07, 6.45) is 1.49. The maximum absolute atomic E-state index is 13.2. The van der Waals surface area contributed by atoms with Crippen LogP contribution in [0.4, 0.5) is 5.69 Å². The van der Waals surface area contributed by atoms with Crippen molar-refractivity contribution in [2.75, 3.05) is 5.32 Å². The molecule has 3 aromatic carbocycles. The minimum atomic E-state index is -0.756. The highest BCUT2D eigenvalue weighted by atomic mass is 35.5. The quantitative estimate of drug-likeness (QED) is 0.337. The van der Waals surface area contributed by atoms with Crippen LogP contribution in [0.15, 0.2) is 94.3 Å². The van der Waals surface area contributed by atoms with Crippen LogP contribution in [0.1, 0.15) is 32.2 Å². The van der Waals surface area contributed by atoms with Crippen molar-refractivity contribution in [3.8, 4) is 5.69 Å². The molecule has 0 atom stereocenters. The third kappa shape index (κ3) is 4.37. The van der Waals surface area contributed by atoms with Crippen molar-refractivity contribution in [1.82, 2.24) is 9.78 Å². The van der Waals surface area contributed by atoms with E-state index >= 15 is 0 Å². The molecule has 0 unspecified atom stereocenters. The zero-order valence-corrected chi connectivity index (χ0v) is 19.2. The average molecular weight is 484 g/mol. The van der Waals surface area contributed by atoms with Gasteiger partial charge in [-0.25, -0.2) is 4.68 Å². The van der Waals surface area contributed by atoms with Gasteiger partial charge in [-0.15, -0.1) is 0 Å². The summed E-state index contributed by atoms with van der Waals surface area (Å²) in [5.74, 6) is -1.25. The zero-order valence-electron chi connectivity index (χ0n) is 18.5. The van der Waals surface area contributed by atoms with E-state index in [-0.39, 0.29) is 17.1 Å². The molecule has 35 heavy (non-hydrogen) atoms. The number of carbonyl (C=O) groups excluding carboxylic acids is 2. The number of anilines is 1. The number of nitrogens with zero attached hydrogens (tertiary/aromatic N) is 2. The number of amides is 1. The monoisotopic (exact) mass is 483 g/mol. The molecule has 0 saturated carbocycles. The van der Waals surface area contributed by atoms with Crippen LogP contribution in [0.25, 0.3) is 16.7 Å². The Balaban J connectivity index is 1.55. The van der Waals surface area contributed by atoms with Crippen LogP contribution in [-0.4, -0.2) is 21.5 Å². The standard InChI is InChI=1S/C27H18ClN3O4/c1-16-6-12-19(13-7-16)31-15-14-21(32)24(30-31)27(34)29-23-20-4-2-3-5-22(20)35-26(23)25(33)17-8-10-18(28)11-9-17/h2-15H,1H3,(H,29,34). The average Bonchev–Trinajstić information content (AvgIpc) is 3.23. The second-order valence-corrected chi connectivity index (χ2v) is 8.34. The molecule has 0 bridgehead atoms. The summed E-state index contributed by atoms with van der Waals surface area (Å²) < 4.78 is 7.26. The maximum atomic E-state index is 13.2. The van der Waals surface area contributed by atoms with Gasteiger partial charge in [0.15, 0.2) is 11.5 Å². The van der Waals surface area contributed by atoms with Crippen molar-refractivity contribution in [2.45, 2.75) is 6.92 Å². The lowest BCUT2D eigenvalue weighted by Crippen LogP contribution is -2.26. The molecule has 0 fully saturated rings. The fourth-order valence-corrected chi connectivity index (χ4v) is 3.77. The summed E-state index contributed by atoms with van der Waals surface area (Å²) in [7, 11) is 0. The summed E-state index contributed by atoms with van der Waals surface area (Å²) >= 11 is 5.94. The molecule has 2 aromatic heterocycles. The molecule has 1 amide bonds. The normalized spacial score (nSPS) is 10.9. The molecule has 7 nitrogen and oxygen atoms in total. The second kappa shape index (κ2) is 9.04. The lowest BCUT2D eigenvalue weighted by Gasteiger charge is -2.09. The van der Waals surface area contributed by atoms with Crippen molar-refractivity contribution in [1.29, 1.82) is 0 Å². The zero-order chi connectivity index (χ0) is 24.5. The van der Waals surface area contributed by atoms with Crippen LogP contribution < -0.4 is 10.7 Å². The first-order chi connectivity index (χ1) is 16.9. The number of aryl methyl sites for hydroxylation is 1. The Labute approximate surface area is 204 Å². The van der Waals surface area contributed by atoms with Crippen molar-refractivity contribution in [2.24, 2.45) is 0 Å². The van der Waals surface area contributed by atoms with Crippen LogP contribution in [0, 0.1) is 6.92 Å². The number of para-hydroxylation sites is 1. The smallest absolute Gasteiger partial charge is 0.280 e. The van der Waals surface area contributed by atoms with Gasteiger partial charge in [0.25, 0.3) is 5.91 Å². The first kappa shape index (κ1) is 22.3. The second-order valence-electron chi connectivity index (χ2n) is 7.90. The van der Waals surface area contributed by atoms with Gasteiger partial charge in [-0.1, -0.05) is 41.4 Å². The molecule has 8 heteroatoms. The van der Waals surface area contributed by atoms with Crippen molar-refractivity contribution < 1.29 is 14.0 Å². The molecular formula is C27H18ClN3O4. The van der Waals surface area contributed by atoms with Gasteiger partial charge in [0, 0.05) is 28.2 Å². The molecule has 172 valence electrons. The Bertz CT molecular complexity index is 1630. The Morgan fingerprint density at radius 3 is 2.40 bits per heavy atom. The van der Waals surface area contributed by atoms with Crippen LogP contribution in [0.2, 0.25) is 5.02 Å². The highest BCUT2D eigenvalue weighted by Gasteiger charge is 2.25. The Morgan fingerprint density at radius 1 is 0.943 bits per heavy atom. The summed E-state index contributed by atoms with van der Waals surface area (Å²) in [5, 5.41) is 7.93. The third-order valence-corrected chi connectivity index (χ3v) is 5.72. The minimum absolute atomic E-state index is 0.0586. The van der Waals surface area contributed by atoms with E-state index in [4.69, 9.17) is 16.0 Å². The van der Waals surface area contributed by atoms with Crippen LogP contribution in [0.5, 0.6) is 0 Å². The lowest BCUT2D eigenvalue weighted by molar-refractivity contribution is 0.101. The molecule has 0 saturated heterocycles. The van der Waals surface area contributed by atoms with E-state index in [2.05, 4.69) is 10.4 Å². The van der Waals surface area contributed by atoms with E-state index in [0.717, 1.165) is 5.56 Å². The molecule has 0 radical (unpaired) electrons. The number of aromatic nitrogens is 2. The Kier molecular flexibility index (Phi) is 5.76. The Morgan fingerprint density at radius 2 is 1.66 bits per heavy atom. The predicted octanol–water partition coefficient (Wildman–Crippen LogP) is 5.42. The Hall–Kier alpha value is -4.49. The SMILES string of the molecule is Cc1ccc(-n2ccc(=O)c(C(=O)Nc3c(C(=O)c4ccc(Cl)cc4)oc4ccccc34)n2)cc1. The number of nitrogens with one attached hydrogen (secondary N) is 1. The van der Waals surface area contributed by atoms with Crippen molar-refractivity contribution in [3.05, 3.63) is 123 Å². The number of furan rings is 1. The topological polar surface area (TPSA) is 94.2 Å². The molecule has 0 aliphatic rings. The van der Waals surface area contributed by atoms with E-state index < -0.39 is 17.1 Å². The number of ketones is 1. The highest BCUT2D eigenvalue weighted by molar-refractivity contribution is 6.30. The first-order valence-corrected chi connectivity index (χ1v) is 11.1. The molecule has 0 aliphatic carbocycles. The number of benzene rings is 3. The molecule has 5 rings (SSSR count). The molecule has 5 aromatic rings. The summed E-state index contributed by atoms with van der Waals surface area (Å²) in [6, 6.07) is 22.0. The number of halogens is 1. The van der Waals surface area contributed by atoms with Crippen LogP contribution >= 0.6 is 11.6 Å². The van der Waals surface area contributed by atoms with Crippen LogP contribution in [0.3, 0.4) is 0 Å². The first-order valence-electron chi connectivity index (χ1n) is 10.7. The summed E-state index contributed by atoms with van der Waals surface area (Å²) in [4.78, 5) is 39.0. The number of rotatable bonds is 5. The van der Waals surface area contributed by atoms with E-state index in [1.165, 1.54) is 16.9 Å². The molecule has 0 aliphatic heterocycles. The van der Waals surface area contributed by atoms with E-state index in [1.807, 2.05) is 31.2 Å². The fourth-order valence-electron chi connectivity index (χ4n) is 3.64. The van der Waals surface area contributed by atoms with Crippen molar-refractivity contribution in [3.63, 3.8) is 0 Å². The van der Waals surface area contributed by atoms with Crippen molar-refractivity contribution >= 4 is 39.9 Å². The van der Waals surface area contributed by atoms with E-state index in [0.29, 0.717) is 27.2 Å². The van der Waals surface area contributed by atoms with Gasteiger partial charge < -0.3 is 9.73 Å². The summed E-state index contributed by atoms with van der Waals surface area (Å²) in [5.41, 5.74) is 1.81. The third-order valence-electron chi connectivity index (χ3n) is 5.47. The molecule has 2 heterocycles. The number of fused-ring (bicyclic) bond motifs is 1. The van der Waals surface area contributed by atoms with Gasteiger partial charge in [0.1, 0.15) is 5.58 Å². The predicted molar refractivity (Wildman–Crippen MR) is 134 cm³/mol. The number of hydrogen-bond donors (Lipinski definition) is 1. The van der Waals surface area contributed by atoms with Crippen LogP contribution in [-0.2, 0) is 0 Å². The fraction of sp³-hybridized carbons (Fsp3) is 0.0370. The minimum Gasteiger partial charge on any atom is -0.450 e. The highest BCUT2D eigenvalue weighted by Crippen LogP contribution is 2.33. The largest absolute Gasteiger partial charge is 0.450 e. The lowest BCUT2D eigenvalue weighted by atomic mass is 10.1. The molecule has 1 N–H and O–H groups in total. The van der Waals surface area contributed by atoms with Gasteiger partial charge >= 0.3 is 0 Å². The maximum Gasteiger partial charge on any atom is 0.280 e. The van der Waals surface area contributed by atoms with E-state index in [9.17, 15) is 14.4 Å². The van der Waals surface area contributed by atoms with E-state index in [1.54, 1.807) is 48.5 Å². The van der Waals surface area contributed by atoms with Gasteiger partial charge in [-0.05, 0) is 55.5 Å². The van der Waals surface area contributed by atoms with Gasteiger partial charge in [-0.3, -0.25) is 14.4 Å². The van der Waals surface area contributed by atoms with Gasteiger partial charge in [0.05, 0.1) is 11.4 Å². The summed E-state index contributed by atoms with van der Waals surface area (Å²) in [6.45, 7) is 1.96. The van der Waals surface area contributed by atoms with Gasteiger partial charge in [0.2, 0.25) is 11.2 Å². The number of hydrogen-bond acceptors (Lipinski definition) is 5. The number of carbonyl (C=O) groups is 2. The molecule has 0 spiro atoms. The van der Waals surface area contributed by atoms with Gasteiger partial charge in [-0.2, -0.15) is 5.10 Å².